The molecule has 0 fully saturated rings. The minimum Gasteiger partial charge on any atom is -0.872 e. The van der Waals surface area contributed by atoms with E-state index in [2.05, 4.69) is 4.98 Å². The van der Waals surface area contributed by atoms with Crippen LogP contribution in [0, 0.1) is 0 Å². The first-order chi connectivity index (χ1) is 7.72. The first kappa shape index (κ1) is 8.91. The summed E-state index contributed by atoms with van der Waals surface area (Å²) in [6.07, 6.45) is 0. The molecule has 3 rings (SSSR count). The summed E-state index contributed by atoms with van der Waals surface area (Å²) in [4.78, 5) is 15.4. The van der Waals surface area contributed by atoms with Crippen LogP contribution in [0.1, 0.15) is 0 Å². The lowest BCUT2D eigenvalue weighted by molar-refractivity contribution is -0.268. The number of fused-ring (bicyclic) bond motifs is 2. The fourth-order valence-corrected chi connectivity index (χ4v) is 1.59. The van der Waals surface area contributed by atoms with Crippen molar-refractivity contribution in [2.75, 3.05) is 0 Å². The average Bonchev–Trinajstić information content (AvgIpc) is 2.26. The van der Waals surface area contributed by atoms with Gasteiger partial charge in [-0.1, -0.05) is 6.07 Å². The highest BCUT2D eigenvalue weighted by atomic mass is 16.3. The van der Waals surface area contributed by atoms with Gasteiger partial charge in [0.2, 0.25) is 0 Å². The third-order valence-corrected chi connectivity index (χ3v) is 2.32. The molecule has 1 aliphatic carbocycles. The Labute approximate surface area is 90.1 Å². The zero-order chi connectivity index (χ0) is 11.1. The second-order valence-electron chi connectivity index (χ2n) is 3.47. The third-order valence-electron chi connectivity index (χ3n) is 2.32. The lowest BCUT2D eigenvalue weighted by atomic mass is 10.2. The van der Waals surface area contributed by atoms with Crippen molar-refractivity contribution >= 4 is 11.1 Å². The van der Waals surface area contributed by atoms with E-state index in [1.54, 1.807) is 12.1 Å². The van der Waals surface area contributed by atoms with E-state index in [1.165, 1.54) is 24.3 Å². The van der Waals surface area contributed by atoms with Gasteiger partial charge in [0, 0.05) is 6.07 Å². The second kappa shape index (κ2) is 3.06. The molecule has 4 heteroatoms. The van der Waals surface area contributed by atoms with Gasteiger partial charge in [0.25, 0.3) is 0 Å². The van der Waals surface area contributed by atoms with Crippen molar-refractivity contribution in [2.24, 2.45) is 0 Å². The van der Waals surface area contributed by atoms with Gasteiger partial charge in [-0.2, -0.15) is 0 Å². The largest absolute Gasteiger partial charge is 0.872 e. The number of hydrogen-bond acceptors (Lipinski definition) is 4. The summed E-state index contributed by atoms with van der Waals surface area (Å²) < 4.78 is 5.45. The maximum atomic E-state index is 11.1. The van der Waals surface area contributed by atoms with Crippen LogP contribution >= 0.6 is 0 Å². The van der Waals surface area contributed by atoms with Crippen LogP contribution < -0.4 is 10.5 Å². The summed E-state index contributed by atoms with van der Waals surface area (Å²) in [5.74, 6) is 0.251. The van der Waals surface area contributed by atoms with Gasteiger partial charge in [-0.3, -0.25) is 4.79 Å². The Hall–Kier alpha value is -2.36. The van der Waals surface area contributed by atoms with Crippen LogP contribution in [-0.4, -0.2) is 4.98 Å². The van der Waals surface area contributed by atoms with Crippen LogP contribution in [0.3, 0.4) is 0 Å². The Bertz CT molecular complexity index is 702. The molecular weight excluding hydrogens is 206 g/mol. The molecule has 78 valence electrons. The molecule has 1 aromatic carbocycles. The minimum absolute atomic E-state index is 0.143. The van der Waals surface area contributed by atoms with Crippen molar-refractivity contribution in [1.29, 1.82) is 0 Å². The van der Waals surface area contributed by atoms with Crippen molar-refractivity contribution in [3.63, 3.8) is 0 Å². The summed E-state index contributed by atoms with van der Waals surface area (Å²) in [6.45, 7) is 0. The molecule has 0 atom stereocenters. The highest BCUT2D eigenvalue weighted by Crippen LogP contribution is 2.24. The van der Waals surface area contributed by atoms with Crippen molar-refractivity contribution in [3.8, 4) is 17.2 Å². The quantitative estimate of drug-likeness (QED) is 0.528. The van der Waals surface area contributed by atoms with E-state index in [-0.39, 0.29) is 11.2 Å². The number of benzene rings is 2. The van der Waals surface area contributed by atoms with Gasteiger partial charge in [0.05, 0.1) is 0 Å². The van der Waals surface area contributed by atoms with Crippen LogP contribution in [0.5, 0.6) is 5.75 Å². The fraction of sp³-hybridized carbons (Fsp3) is 0. The second-order valence-corrected chi connectivity index (χ2v) is 3.47. The summed E-state index contributed by atoms with van der Waals surface area (Å²) in [5.41, 5.74) is 1.46. The Morgan fingerprint density at radius 1 is 1.12 bits per heavy atom. The van der Waals surface area contributed by atoms with Crippen LogP contribution in [0.4, 0.5) is 0 Å². The standard InChI is InChI=1S/C12H7NO3/c14-7-1-3-9-11(5-7)16-12-6-8(15)2-4-10(12)13-9/h1-6,14H/p-1. The topological polar surface area (TPSA) is 66.2 Å². The molecule has 1 aliphatic heterocycles. The smallest absolute Gasteiger partial charge is 0.182 e. The van der Waals surface area contributed by atoms with E-state index in [1.807, 2.05) is 0 Å². The molecule has 0 bridgehead atoms. The SMILES string of the molecule is O=c1ccc2nc3ccc([O-])cc3oc-2c1. The molecule has 0 radical (unpaired) electrons. The number of hydrogen-bond donors (Lipinski definition) is 0. The molecule has 0 unspecified atom stereocenters. The monoisotopic (exact) mass is 212 g/mol. The van der Waals surface area contributed by atoms with Gasteiger partial charge >= 0.3 is 0 Å². The Morgan fingerprint density at radius 2 is 2.00 bits per heavy atom. The van der Waals surface area contributed by atoms with Crippen molar-refractivity contribution in [2.45, 2.75) is 0 Å². The lowest BCUT2D eigenvalue weighted by Crippen LogP contribution is -1.99. The summed E-state index contributed by atoms with van der Waals surface area (Å²) in [7, 11) is 0. The van der Waals surface area contributed by atoms with E-state index in [9.17, 15) is 9.90 Å². The summed E-state index contributed by atoms with van der Waals surface area (Å²) in [6, 6.07) is 8.78. The normalized spacial score (nSPS) is 11.0. The Balaban J connectivity index is 2.46. The molecule has 0 spiro atoms. The summed E-state index contributed by atoms with van der Waals surface area (Å²) >= 11 is 0. The van der Waals surface area contributed by atoms with Gasteiger partial charge in [-0.05, 0) is 24.3 Å². The molecule has 2 aliphatic rings. The number of aromatic nitrogens is 1. The van der Waals surface area contributed by atoms with E-state index >= 15 is 0 Å². The Kier molecular flexibility index (Phi) is 1.71. The lowest BCUT2D eigenvalue weighted by Gasteiger charge is -2.08. The van der Waals surface area contributed by atoms with E-state index in [0.717, 1.165) is 0 Å². The molecule has 1 heterocycles. The zero-order valence-electron chi connectivity index (χ0n) is 8.14. The maximum Gasteiger partial charge on any atom is 0.182 e. The van der Waals surface area contributed by atoms with E-state index in [0.29, 0.717) is 22.6 Å². The highest BCUT2D eigenvalue weighted by molar-refractivity contribution is 5.77. The average molecular weight is 212 g/mol. The molecule has 0 N–H and O–H groups in total. The minimum atomic E-state index is -0.143. The van der Waals surface area contributed by atoms with Crippen LogP contribution in [0.2, 0.25) is 0 Å². The van der Waals surface area contributed by atoms with Gasteiger partial charge < -0.3 is 9.52 Å². The van der Waals surface area contributed by atoms with Gasteiger partial charge in [0.15, 0.2) is 16.8 Å². The number of rotatable bonds is 0. The zero-order valence-corrected chi connectivity index (χ0v) is 8.14. The first-order valence-corrected chi connectivity index (χ1v) is 4.74. The van der Waals surface area contributed by atoms with Crippen LogP contribution in [-0.2, 0) is 0 Å². The molecule has 0 saturated heterocycles. The van der Waals surface area contributed by atoms with Crippen molar-refractivity contribution in [1.82, 2.24) is 4.98 Å². The fourth-order valence-electron chi connectivity index (χ4n) is 1.59. The van der Waals surface area contributed by atoms with Crippen molar-refractivity contribution < 1.29 is 9.52 Å². The molecule has 1 aromatic rings. The predicted octanol–water partition coefficient (Wildman–Crippen LogP) is 1.37. The third kappa shape index (κ3) is 1.32. The maximum absolute atomic E-state index is 11.1. The summed E-state index contributed by atoms with van der Waals surface area (Å²) in [5, 5.41) is 11.1. The molecule has 0 amide bonds. The van der Waals surface area contributed by atoms with Crippen molar-refractivity contribution in [3.05, 3.63) is 46.6 Å². The molecule has 0 saturated carbocycles. The van der Waals surface area contributed by atoms with Gasteiger partial charge in [-0.25, -0.2) is 4.98 Å². The Morgan fingerprint density at radius 3 is 2.88 bits per heavy atom. The van der Waals surface area contributed by atoms with Crippen LogP contribution in [0.15, 0.2) is 45.6 Å². The van der Waals surface area contributed by atoms with Crippen LogP contribution in [0.25, 0.3) is 22.6 Å². The molecule has 4 nitrogen and oxygen atoms in total. The first-order valence-electron chi connectivity index (χ1n) is 4.74. The predicted molar refractivity (Wildman–Crippen MR) is 56.3 cm³/mol. The molecule has 16 heavy (non-hydrogen) atoms. The van der Waals surface area contributed by atoms with E-state index < -0.39 is 0 Å². The molecular formula is C12H6NO3-. The van der Waals surface area contributed by atoms with Gasteiger partial charge in [-0.15, -0.1) is 5.75 Å². The molecule has 0 aromatic heterocycles. The van der Waals surface area contributed by atoms with E-state index in [4.69, 9.17) is 4.42 Å². The highest BCUT2D eigenvalue weighted by Gasteiger charge is 2.08. The number of nitrogens with zero attached hydrogens (tertiary/aromatic N) is 1. The van der Waals surface area contributed by atoms with Gasteiger partial charge in [0.1, 0.15) is 11.2 Å².